The van der Waals surface area contributed by atoms with Crippen LogP contribution in [0.4, 0.5) is 11.4 Å². The molecule has 0 radical (unpaired) electrons. The highest BCUT2D eigenvalue weighted by Gasteiger charge is 2.41. The first kappa shape index (κ1) is 42.8. The molecular weight excluding hydrogens is 841 g/mol. The molecule has 0 bridgehead atoms. The van der Waals surface area contributed by atoms with Gasteiger partial charge in [0.2, 0.25) is 5.71 Å². The number of fused-ring (bicyclic) bond motifs is 3. The molecule has 4 heterocycles. The van der Waals surface area contributed by atoms with Gasteiger partial charge in [-0.1, -0.05) is 102 Å². The minimum Gasteiger partial charge on any atom is -1.00 e. The third-order valence-corrected chi connectivity index (χ3v) is 13.3. The Kier molecular flexibility index (Phi) is 12.9. The summed E-state index contributed by atoms with van der Waals surface area (Å²) in [6, 6.07) is 25.1. The number of anilines is 2. The Hall–Kier alpha value is -4.28. The van der Waals surface area contributed by atoms with E-state index in [1.165, 1.54) is 55.7 Å². The van der Waals surface area contributed by atoms with E-state index in [0.29, 0.717) is 17.7 Å². The van der Waals surface area contributed by atoms with Crippen LogP contribution >= 0.6 is 0 Å². The molecule has 1 saturated heterocycles. The van der Waals surface area contributed by atoms with E-state index < -0.39 is 0 Å². The van der Waals surface area contributed by atoms with Crippen LogP contribution in [0.1, 0.15) is 112 Å². The predicted molar refractivity (Wildman–Crippen MR) is 238 cm³/mol. The number of para-hydroxylation sites is 2. The highest BCUT2D eigenvalue weighted by Crippen LogP contribution is 2.49. The lowest BCUT2D eigenvalue weighted by Gasteiger charge is -2.29. The molecule has 310 valence electrons. The number of allylic oxidation sites excluding steroid dienone is 8. The van der Waals surface area contributed by atoms with E-state index >= 15 is 0 Å². The number of rotatable bonds is 10. The van der Waals surface area contributed by atoms with Crippen molar-refractivity contribution in [3.63, 3.8) is 0 Å². The molecule has 0 spiro atoms. The third-order valence-electron chi connectivity index (χ3n) is 13.3. The topological polar surface area (TPSA) is 50.1 Å². The monoisotopic (exact) mass is 903 g/mol. The van der Waals surface area contributed by atoms with Gasteiger partial charge in [-0.25, -0.2) is 4.58 Å². The van der Waals surface area contributed by atoms with E-state index in [9.17, 15) is 9.59 Å². The summed E-state index contributed by atoms with van der Waals surface area (Å²) in [4.78, 5) is 35.0. The van der Waals surface area contributed by atoms with Gasteiger partial charge in [-0.2, -0.15) is 0 Å². The van der Waals surface area contributed by atoms with Crippen LogP contribution in [0.25, 0.3) is 0 Å². The molecule has 2 amide bonds. The molecule has 3 aromatic rings. The highest BCUT2D eigenvalue weighted by atomic mass is 127. The highest BCUT2D eigenvalue weighted by molar-refractivity contribution is 6.21. The van der Waals surface area contributed by atoms with E-state index in [1.54, 1.807) is 12.1 Å². The summed E-state index contributed by atoms with van der Waals surface area (Å²) in [5, 5.41) is 0. The fourth-order valence-corrected chi connectivity index (χ4v) is 10.3. The van der Waals surface area contributed by atoms with E-state index in [0.717, 1.165) is 84.3 Å². The van der Waals surface area contributed by atoms with Crippen LogP contribution < -0.4 is 33.8 Å². The van der Waals surface area contributed by atoms with Crippen LogP contribution in [-0.2, 0) is 10.8 Å². The molecule has 0 aromatic heterocycles. The van der Waals surface area contributed by atoms with Crippen molar-refractivity contribution in [3.8, 4) is 0 Å². The second kappa shape index (κ2) is 17.7. The number of carbonyl (C=O) groups is 2. The zero-order valence-corrected chi connectivity index (χ0v) is 38.2. The molecule has 59 heavy (non-hydrogen) atoms. The van der Waals surface area contributed by atoms with E-state index in [-0.39, 0.29) is 46.6 Å². The summed E-state index contributed by atoms with van der Waals surface area (Å²) in [7, 11) is 0. The van der Waals surface area contributed by atoms with Gasteiger partial charge in [-0.15, -0.1) is 0 Å². The van der Waals surface area contributed by atoms with Gasteiger partial charge in [0.25, 0.3) is 11.8 Å². The maximum Gasteiger partial charge on any atom is 0.261 e. The van der Waals surface area contributed by atoms with Gasteiger partial charge in [0.1, 0.15) is 0 Å². The number of piperazine rings is 1. The summed E-state index contributed by atoms with van der Waals surface area (Å²) < 4.78 is 2.66. The van der Waals surface area contributed by atoms with Gasteiger partial charge >= 0.3 is 0 Å². The fraction of sp³-hybridized carbons (Fsp3) is 0.431. The van der Waals surface area contributed by atoms with Crippen molar-refractivity contribution in [1.29, 1.82) is 0 Å². The van der Waals surface area contributed by atoms with E-state index in [2.05, 4.69) is 134 Å². The van der Waals surface area contributed by atoms with Gasteiger partial charge in [-0.05, 0) is 86.1 Å². The number of nitrogens with zero attached hydrogens (tertiary/aromatic N) is 5. The Morgan fingerprint density at radius 2 is 1.05 bits per heavy atom. The predicted octanol–water partition coefficient (Wildman–Crippen LogP) is 6.67. The summed E-state index contributed by atoms with van der Waals surface area (Å²) in [5.74, 6) is -0.318. The van der Waals surface area contributed by atoms with Crippen molar-refractivity contribution in [2.75, 3.05) is 62.2 Å². The third kappa shape index (κ3) is 7.92. The standard InChI is InChI=1S/C51H62N5O2.HI/c1-7-29-54-43-23-13-11-21-41(43)50(3,4)45(54)27-25-37-17-15-18-38(26-28-46-51(5,6)42-22-12-14-24-44(42)55(46)30-8-2)47(37)53-35-33-52(34-36-53)31-16-32-56-48(57)39-19-9-10-20-40(39)49(56)58;/h9-14,19-28H,7-8,15-18,29-36H2,1-6H3;1H/q+1;/p-1. The van der Waals surface area contributed by atoms with Gasteiger partial charge in [0.05, 0.1) is 24.2 Å². The Bertz CT molecular complexity index is 2110. The molecule has 4 aliphatic heterocycles. The number of carbonyl (C=O) groups excluding carboxylic acids is 2. The van der Waals surface area contributed by atoms with Crippen LogP contribution in [0.2, 0.25) is 0 Å². The molecule has 1 saturated carbocycles. The fourth-order valence-electron chi connectivity index (χ4n) is 10.3. The SMILES string of the molecule is CCCN1C(=CC=C2CCC/C(=C\C=C3\N(CCC)c4ccccc4C3(C)C)C2=[N+]2CCN(CCCN3C(=O)c4ccccc4C3=O)CC2)C(C)(C)c2ccccc21.[I-]. The Morgan fingerprint density at radius 1 is 0.593 bits per heavy atom. The molecule has 0 atom stereocenters. The molecule has 0 N–H and O–H groups in total. The number of amides is 2. The van der Waals surface area contributed by atoms with Crippen molar-refractivity contribution in [3.05, 3.63) is 142 Å². The Morgan fingerprint density at radius 3 is 1.53 bits per heavy atom. The molecule has 8 heteroatoms. The molecule has 2 fully saturated rings. The van der Waals surface area contributed by atoms with Crippen LogP contribution in [0.3, 0.4) is 0 Å². The summed E-state index contributed by atoms with van der Waals surface area (Å²) in [6.45, 7) is 21.2. The van der Waals surface area contributed by atoms with Crippen molar-refractivity contribution in [2.45, 2.75) is 90.9 Å². The minimum atomic E-state index is -0.159. The Labute approximate surface area is 369 Å². The van der Waals surface area contributed by atoms with Crippen molar-refractivity contribution < 1.29 is 38.1 Å². The van der Waals surface area contributed by atoms with Crippen molar-refractivity contribution in [2.24, 2.45) is 0 Å². The average molecular weight is 904 g/mol. The molecule has 5 aliphatic rings. The molecular formula is C51H62IN5O2. The van der Waals surface area contributed by atoms with E-state index in [1.807, 2.05) is 12.1 Å². The van der Waals surface area contributed by atoms with Gasteiger partial charge in [0.15, 0.2) is 13.1 Å². The van der Waals surface area contributed by atoms with Crippen LogP contribution in [0, 0.1) is 0 Å². The number of imide groups is 1. The second-order valence-electron chi connectivity index (χ2n) is 17.8. The van der Waals surface area contributed by atoms with Gasteiger partial charge in [-0.3, -0.25) is 19.4 Å². The molecule has 0 unspecified atom stereocenters. The van der Waals surface area contributed by atoms with Crippen LogP contribution in [-0.4, -0.2) is 84.3 Å². The number of hydrogen-bond acceptors (Lipinski definition) is 5. The summed E-state index contributed by atoms with van der Waals surface area (Å²) in [5.41, 5.74) is 13.4. The maximum absolute atomic E-state index is 13.0. The smallest absolute Gasteiger partial charge is 0.261 e. The molecule has 7 nitrogen and oxygen atoms in total. The van der Waals surface area contributed by atoms with Gasteiger partial charge < -0.3 is 33.8 Å². The number of halogens is 1. The lowest BCUT2D eigenvalue weighted by Crippen LogP contribution is -3.00. The summed E-state index contributed by atoms with van der Waals surface area (Å²) in [6.07, 6.45) is 16.0. The normalized spacial score (nSPS) is 22.5. The average Bonchev–Trinajstić information content (AvgIpc) is 3.70. The quantitative estimate of drug-likeness (QED) is 0.130. The van der Waals surface area contributed by atoms with Gasteiger partial charge in [0, 0.05) is 70.9 Å². The number of hydrogen-bond donors (Lipinski definition) is 0. The second-order valence-corrected chi connectivity index (χ2v) is 17.8. The first-order valence-corrected chi connectivity index (χ1v) is 21.9. The molecule has 3 aromatic carbocycles. The van der Waals surface area contributed by atoms with E-state index in [4.69, 9.17) is 0 Å². The lowest BCUT2D eigenvalue weighted by molar-refractivity contribution is -0.539. The lowest BCUT2D eigenvalue weighted by atomic mass is 9.82. The first-order valence-electron chi connectivity index (χ1n) is 21.9. The van der Waals surface area contributed by atoms with Crippen molar-refractivity contribution in [1.82, 2.24) is 9.80 Å². The Balaban J connectivity index is 0.00000528. The maximum atomic E-state index is 13.0. The van der Waals surface area contributed by atoms with Crippen LogP contribution in [0.15, 0.2) is 120 Å². The summed E-state index contributed by atoms with van der Waals surface area (Å²) >= 11 is 0. The van der Waals surface area contributed by atoms with Crippen molar-refractivity contribution >= 4 is 28.9 Å². The zero-order valence-electron chi connectivity index (χ0n) is 36.1. The van der Waals surface area contributed by atoms with Crippen LogP contribution in [0.5, 0.6) is 0 Å². The first-order chi connectivity index (χ1) is 28.1. The number of benzene rings is 3. The largest absolute Gasteiger partial charge is 1.00 e. The zero-order chi connectivity index (χ0) is 40.6. The molecule has 1 aliphatic carbocycles. The molecule has 8 rings (SSSR count). The minimum absolute atomic E-state index is 0.